The van der Waals surface area contributed by atoms with Crippen molar-refractivity contribution in [2.45, 2.75) is 33.9 Å². The predicted octanol–water partition coefficient (Wildman–Crippen LogP) is 4.04. The first kappa shape index (κ1) is 16.6. The average Bonchev–Trinajstić information content (AvgIpc) is 2.99. The molecule has 0 unspecified atom stereocenters. The number of benzene rings is 2. The van der Waals surface area contributed by atoms with E-state index in [0.717, 1.165) is 42.4 Å². The summed E-state index contributed by atoms with van der Waals surface area (Å²) in [6.45, 7) is 8.41. The minimum Gasteiger partial charge on any atom is -0.362 e. The van der Waals surface area contributed by atoms with Crippen molar-refractivity contribution in [3.63, 3.8) is 0 Å². The number of hydrogen-bond acceptors (Lipinski definition) is 3. The Labute approximate surface area is 153 Å². The molecule has 1 aromatic heterocycles. The van der Waals surface area contributed by atoms with Crippen LogP contribution in [0, 0.1) is 5.41 Å². The summed E-state index contributed by atoms with van der Waals surface area (Å²) in [6, 6.07) is 16.4. The van der Waals surface area contributed by atoms with E-state index in [1.54, 1.807) is 0 Å². The van der Waals surface area contributed by atoms with E-state index >= 15 is 0 Å². The van der Waals surface area contributed by atoms with Gasteiger partial charge in [0.1, 0.15) is 5.82 Å². The number of carbonyl (C=O) groups excluding carboxylic acids is 1. The Balaban J connectivity index is 1.51. The number of carbonyl (C=O) groups is 1. The highest BCUT2D eigenvalue weighted by atomic mass is 16.2. The van der Waals surface area contributed by atoms with E-state index in [0.29, 0.717) is 0 Å². The average molecular weight is 348 g/mol. The lowest BCUT2D eigenvalue weighted by Gasteiger charge is -2.30. The smallest absolute Gasteiger partial charge is 0.229 e. The first-order valence-corrected chi connectivity index (χ1v) is 9.02. The van der Waals surface area contributed by atoms with Crippen molar-refractivity contribution >= 4 is 28.3 Å². The zero-order valence-corrected chi connectivity index (χ0v) is 15.5. The predicted molar refractivity (Wildman–Crippen MR) is 105 cm³/mol. The maximum atomic E-state index is 12.1. The molecule has 0 radical (unpaired) electrons. The van der Waals surface area contributed by atoms with E-state index in [-0.39, 0.29) is 5.91 Å². The van der Waals surface area contributed by atoms with Crippen molar-refractivity contribution in [1.29, 1.82) is 0 Å². The molecule has 0 aliphatic carbocycles. The number of hydrogen-bond donors (Lipinski definition) is 1. The van der Waals surface area contributed by atoms with Gasteiger partial charge in [0.15, 0.2) is 0 Å². The Bertz CT molecular complexity index is 950. The van der Waals surface area contributed by atoms with E-state index < -0.39 is 5.41 Å². The quantitative estimate of drug-likeness (QED) is 0.760. The van der Waals surface area contributed by atoms with Crippen LogP contribution in [-0.4, -0.2) is 22.0 Å². The summed E-state index contributed by atoms with van der Waals surface area (Å²) in [7, 11) is 0. The van der Waals surface area contributed by atoms with Gasteiger partial charge < -0.3 is 14.8 Å². The fraction of sp³-hybridized carbons (Fsp3) is 0.333. The van der Waals surface area contributed by atoms with Crippen LogP contribution >= 0.6 is 0 Å². The molecule has 0 saturated carbocycles. The standard InChI is InChI=1S/C21H24N4O/c1-21(2,3)20(26)22-15-8-10-16(11-9-15)24-12-13-25-18-7-5-4-6-17(18)23-19(25)14-24/h4-11H,12-14H2,1-3H3,(H,22,26). The molecule has 0 atom stereocenters. The number of para-hydroxylation sites is 2. The lowest BCUT2D eigenvalue weighted by molar-refractivity contribution is -0.123. The minimum atomic E-state index is -0.398. The van der Waals surface area contributed by atoms with Gasteiger partial charge in [-0.25, -0.2) is 4.98 Å². The van der Waals surface area contributed by atoms with Gasteiger partial charge >= 0.3 is 0 Å². The Kier molecular flexibility index (Phi) is 3.94. The molecule has 0 bridgehead atoms. The molecule has 134 valence electrons. The molecule has 3 aromatic rings. The molecule has 1 amide bonds. The van der Waals surface area contributed by atoms with Gasteiger partial charge in [0.25, 0.3) is 0 Å². The summed E-state index contributed by atoms with van der Waals surface area (Å²) in [5, 5.41) is 2.97. The first-order valence-electron chi connectivity index (χ1n) is 9.02. The van der Waals surface area contributed by atoms with Crippen LogP contribution in [0.1, 0.15) is 26.6 Å². The van der Waals surface area contributed by atoms with Gasteiger partial charge in [-0.2, -0.15) is 0 Å². The monoisotopic (exact) mass is 348 g/mol. The van der Waals surface area contributed by atoms with E-state index in [1.165, 1.54) is 5.52 Å². The number of imidazole rings is 1. The molecule has 0 fully saturated rings. The number of rotatable bonds is 2. The van der Waals surface area contributed by atoms with Gasteiger partial charge in [-0.15, -0.1) is 0 Å². The molecule has 5 nitrogen and oxygen atoms in total. The third-order valence-electron chi connectivity index (χ3n) is 4.83. The number of nitrogens with one attached hydrogen (secondary N) is 1. The largest absolute Gasteiger partial charge is 0.362 e. The van der Waals surface area contributed by atoms with E-state index in [1.807, 2.05) is 39.0 Å². The maximum Gasteiger partial charge on any atom is 0.229 e. The van der Waals surface area contributed by atoms with E-state index in [9.17, 15) is 4.79 Å². The van der Waals surface area contributed by atoms with Gasteiger partial charge in [-0.05, 0) is 36.4 Å². The Hall–Kier alpha value is -2.82. The summed E-state index contributed by atoms with van der Waals surface area (Å²) in [4.78, 5) is 19.2. The van der Waals surface area contributed by atoms with Crippen molar-refractivity contribution in [1.82, 2.24) is 9.55 Å². The van der Waals surface area contributed by atoms with Crippen LogP contribution in [0.3, 0.4) is 0 Å². The fourth-order valence-electron chi connectivity index (χ4n) is 3.26. The second-order valence-electron chi connectivity index (χ2n) is 7.84. The Morgan fingerprint density at radius 2 is 1.77 bits per heavy atom. The summed E-state index contributed by atoms with van der Waals surface area (Å²) in [5.41, 5.74) is 3.85. The van der Waals surface area contributed by atoms with Crippen LogP contribution in [0.15, 0.2) is 48.5 Å². The molecule has 0 spiro atoms. The van der Waals surface area contributed by atoms with Crippen molar-refractivity contribution in [2.24, 2.45) is 5.41 Å². The molecule has 4 rings (SSSR count). The number of amides is 1. The minimum absolute atomic E-state index is 0.0249. The third kappa shape index (κ3) is 3.05. The van der Waals surface area contributed by atoms with Crippen molar-refractivity contribution < 1.29 is 4.79 Å². The first-order chi connectivity index (χ1) is 12.4. The molecule has 0 saturated heterocycles. The van der Waals surface area contributed by atoms with Gasteiger partial charge in [0, 0.05) is 29.9 Å². The van der Waals surface area contributed by atoms with Crippen LogP contribution < -0.4 is 10.2 Å². The Morgan fingerprint density at radius 3 is 2.50 bits per heavy atom. The second kappa shape index (κ2) is 6.16. The third-order valence-corrected chi connectivity index (χ3v) is 4.83. The van der Waals surface area contributed by atoms with Gasteiger partial charge in [-0.3, -0.25) is 4.79 Å². The highest BCUT2D eigenvalue weighted by Gasteiger charge is 2.22. The molecule has 2 heterocycles. The fourth-order valence-corrected chi connectivity index (χ4v) is 3.26. The number of fused-ring (bicyclic) bond motifs is 3. The maximum absolute atomic E-state index is 12.1. The molecule has 2 aromatic carbocycles. The SMILES string of the molecule is CC(C)(C)C(=O)Nc1ccc(N2CCn3c(nc4ccccc43)C2)cc1. The van der Waals surface area contributed by atoms with Crippen molar-refractivity contribution in [3.05, 3.63) is 54.4 Å². The number of aromatic nitrogens is 2. The zero-order valence-electron chi connectivity index (χ0n) is 15.5. The normalized spacial score (nSPS) is 14.3. The van der Waals surface area contributed by atoms with Crippen LogP contribution in [0.25, 0.3) is 11.0 Å². The zero-order chi connectivity index (χ0) is 18.3. The topological polar surface area (TPSA) is 50.2 Å². The summed E-state index contributed by atoms with van der Waals surface area (Å²) >= 11 is 0. The van der Waals surface area contributed by atoms with E-state index in [4.69, 9.17) is 4.98 Å². The van der Waals surface area contributed by atoms with E-state index in [2.05, 4.69) is 45.1 Å². The lowest BCUT2D eigenvalue weighted by Crippen LogP contribution is -2.33. The van der Waals surface area contributed by atoms with Crippen molar-refractivity contribution in [3.8, 4) is 0 Å². The molecular formula is C21H24N4O. The van der Waals surface area contributed by atoms with Gasteiger partial charge in [-0.1, -0.05) is 32.9 Å². The van der Waals surface area contributed by atoms with Gasteiger partial charge in [0.05, 0.1) is 17.6 Å². The highest BCUT2D eigenvalue weighted by molar-refractivity contribution is 5.94. The van der Waals surface area contributed by atoms with Crippen molar-refractivity contribution in [2.75, 3.05) is 16.8 Å². The second-order valence-corrected chi connectivity index (χ2v) is 7.84. The summed E-state index contributed by atoms with van der Waals surface area (Å²) in [6.07, 6.45) is 0. The summed E-state index contributed by atoms with van der Waals surface area (Å²) < 4.78 is 2.31. The van der Waals surface area contributed by atoms with Gasteiger partial charge in [0.2, 0.25) is 5.91 Å². The lowest BCUT2D eigenvalue weighted by atomic mass is 9.95. The van der Waals surface area contributed by atoms with Crippen LogP contribution in [-0.2, 0) is 17.9 Å². The van der Waals surface area contributed by atoms with Crippen LogP contribution in [0.4, 0.5) is 11.4 Å². The van der Waals surface area contributed by atoms with Crippen LogP contribution in [0.2, 0.25) is 0 Å². The molecule has 1 aliphatic heterocycles. The highest BCUT2D eigenvalue weighted by Crippen LogP contribution is 2.26. The molecule has 1 aliphatic rings. The number of nitrogens with zero attached hydrogens (tertiary/aromatic N) is 3. The molecule has 26 heavy (non-hydrogen) atoms. The molecular weight excluding hydrogens is 324 g/mol. The molecule has 1 N–H and O–H groups in total. The van der Waals surface area contributed by atoms with Crippen LogP contribution in [0.5, 0.6) is 0 Å². The molecule has 5 heteroatoms. The Morgan fingerprint density at radius 1 is 1.04 bits per heavy atom. The summed E-state index contributed by atoms with van der Waals surface area (Å²) in [5.74, 6) is 1.12. The number of anilines is 2.